The fourth-order valence-corrected chi connectivity index (χ4v) is 2.77. The lowest BCUT2D eigenvalue weighted by Gasteiger charge is -2.16. The molecule has 1 atom stereocenters. The molecule has 108 valence electrons. The molecule has 0 spiro atoms. The van der Waals surface area contributed by atoms with Gasteiger partial charge in [0.1, 0.15) is 0 Å². The number of carbonyl (C=O) groups excluding carboxylic acids is 2. The van der Waals surface area contributed by atoms with Crippen LogP contribution in [0.25, 0.3) is 0 Å². The predicted molar refractivity (Wildman–Crippen MR) is 78.7 cm³/mol. The normalized spacial score (nSPS) is 18.3. The number of amides is 2. The highest BCUT2D eigenvalue weighted by atomic mass is 35.5. The molecule has 0 saturated carbocycles. The van der Waals surface area contributed by atoms with Crippen molar-refractivity contribution < 1.29 is 9.59 Å². The first-order valence-corrected chi connectivity index (χ1v) is 7.24. The zero-order valence-electron chi connectivity index (χ0n) is 10.9. The summed E-state index contributed by atoms with van der Waals surface area (Å²) in [6.07, 6.45) is 1.54. The number of nitrogens with zero attached hydrogens (tertiary/aromatic N) is 1. The number of primary amides is 1. The van der Waals surface area contributed by atoms with E-state index in [2.05, 4.69) is 0 Å². The number of halogens is 2. The topological polar surface area (TPSA) is 63.4 Å². The summed E-state index contributed by atoms with van der Waals surface area (Å²) in [6, 6.07) is 5.39. The van der Waals surface area contributed by atoms with Crippen LogP contribution in [0, 0.1) is 5.92 Å². The number of hydrogen-bond donors (Lipinski definition) is 1. The maximum atomic E-state index is 12.1. The number of nitrogens with two attached hydrogens (primary N) is 1. The van der Waals surface area contributed by atoms with Crippen LogP contribution in [0.4, 0.5) is 0 Å². The first-order valence-electron chi connectivity index (χ1n) is 6.49. The number of likely N-dealkylation sites (tertiary alicyclic amines) is 1. The van der Waals surface area contributed by atoms with Crippen molar-refractivity contribution in [2.45, 2.75) is 19.3 Å². The van der Waals surface area contributed by atoms with E-state index in [4.69, 9.17) is 28.9 Å². The third-order valence-corrected chi connectivity index (χ3v) is 4.44. The maximum absolute atomic E-state index is 12.1. The number of benzene rings is 1. The molecule has 2 amide bonds. The molecule has 1 saturated heterocycles. The van der Waals surface area contributed by atoms with E-state index in [1.165, 1.54) is 0 Å². The molecule has 1 fully saturated rings. The second kappa shape index (κ2) is 6.46. The lowest BCUT2D eigenvalue weighted by Crippen LogP contribution is -2.31. The molecule has 1 aromatic rings. The van der Waals surface area contributed by atoms with Gasteiger partial charge in [0.05, 0.1) is 16.0 Å². The van der Waals surface area contributed by atoms with Gasteiger partial charge in [-0.3, -0.25) is 9.59 Å². The molecule has 2 N–H and O–H groups in total. The van der Waals surface area contributed by atoms with Gasteiger partial charge in [0.25, 0.3) is 0 Å². The molecule has 1 unspecified atom stereocenters. The van der Waals surface area contributed by atoms with Gasteiger partial charge in [-0.2, -0.15) is 0 Å². The van der Waals surface area contributed by atoms with Gasteiger partial charge in [0, 0.05) is 19.5 Å². The van der Waals surface area contributed by atoms with E-state index in [0.29, 0.717) is 42.4 Å². The monoisotopic (exact) mass is 314 g/mol. The molecule has 20 heavy (non-hydrogen) atoms. The summed E-state index contributed by atoms with van der Waals surface area (Å²) in [6.45, 7) is 1.02. The largest absolute Gasteiger partial charge is 0.369 e. The van der Waals surface area contributed by atoms with E-state index in [1.807, 2.05) is 12.1 Å². The zero-order chi connectivity index (χ0) is 14.7. The third kappa shape index (κ3) is 3.44. The molecule has 1 aliphatic rings. The van der Waals surface area contributed by atoms with Crippen LogP contribution in [0.2, 0.25) is 10.0 Å². The first kappa shape index (κ1) is 15.1. The van der Waals surface area contributed by atoms with Gasteiger partial charge in [-0.15, -0.1) is 0 Å². The summed E-state index contributed by atoms with van der Waals surface area (Å²) >= 11 is 12.0. The van der Waals surface area contributed by atoms with Crippen LogP contribution in [-0.2, 0) is 16.0 Å². The Labute approximate surface area is 127 Å². The summed E-state index contributed by atoms with van der Waals surface area (Å²) in [5, 5.41) is 0.991. The quantitative estimate of drug-likeness (QED) is 0.926. The van der Waals surface area contributed by atoms with Crippen molar-refractivity contribution in [1.82, 2.24) is 4.90 Å². The van der Waals surface area contributed by atoms with Crippen LogP contribution < -0.4 is 5.73 Å². The van der Waals surface area contributed by atoms with Crippen molar-refractivity contribution >= 4 is 35.0 Å². The Bertz CT molecular complexity index is 534. The minimum Gasteiger partial charge on any atom is -0.369 e. The molecule has 0 radical (unpaired) electrons. The highest BCUT2D eigenvalue weighted by molar-refractivity contribution is 6.42. The lowest BCUT2D eigenvalue weighted by atomic mass is 10.1. The first-order chi connectivity index (χ1) is 9.49. The molecule has 6 heteroatoms. The number of rotatable bonds is 4. The van der Waals surface area contributed by atoms with Crippen LogP contribution in [0.1, 0.15) is 18.4 Å². The Morgan fingerprint density at radius 3 is 2.75 bits per heavy atom. The van der Waals surface area contributed by atoms with E-state index in [1.54, 1.807) is 11.0 Å². The van der Waals surface area contributed by atoms with Gasteiger partial charge in [0.2, 0.25) is 11.8 Å². The van der Waals surface area contributed by atoms with Gasteiger partial charge in [-0.25, -0.2) is 0 Å². The molecule has 1 aliphatic heterocycles. The van der Waals surface area contributed by atoms with E-state index in [-0.39, 0.29) is 17.7 Å². The summed E-state index contributed by atoms with van der Waals surface area (Å²) < 4.78 is 0. The van der Waals surface area contributed by atoms with E-state index in [0.717, 1.165) is 5.56 Å². The number of hydrogen-bond acceptors (Lipinski definition) is 2. The molecule has 0 aromatic heterocycles. The molecular formula is C14H16Cl2N2O2. The van der Waals surface area contributed by atoms with Gasteiger partial charge < -0.3 is 10.6 Å². The van der Waals surface area contributed by atoms with Gasteiger partial charge in [0.15, 0.2) is 0 Å². The minimum absolute atomic E-state index is 0.0183. The average molecular weight is 315 g/mol. The van der Waals surface area contributed by atoms with Crippen molar-refractivity contribution in [1.29, 1.82) is 0 Å². The Kier molecular flexibility index (Phi) is 4.89. The number of carbonyl (C=O) groups is 2. The molecular weight excluding hydrogens is 299 g/mol. The van der Waals surface area contributed by atoms with Gasteiger partial charge in [-0.05, 0) is 24.5 Å². The lowest BCUT2D eigenvalue weighted by molar-refractivity contribution is -0.130. The second-order valence-corrected chi connectivity index (χ2v) is 5.73. The fraction of sp³-hybridized carbons (Fsp3) is 0.429. The maximum Gasteiger partial charge on any atom is 0.222 e. The highest BCUT2D eigenvalue weighted by Crippen LogP contribution is 2.26. The van der Waals surface area contributed by atoms with Crippen molar-refractivity contribution in [3.05, 3.63) is 33.8 Å². The van der Waals surface area contributed by atoms with Crippen molar-refractivity contribution in [3.8, 4) is 0 Å². The number of aryl methyl sites for hydroxylation is 1. The third-order valence-electron chi connectivity index (χ3n) is 3.58. The molecule has 0 aliphatic carbocycles. The highest BCUT2D eigenvalue weighted by Gasteiger charge is 2.29. The Balaban J connectivity index is 1.90. The van der Waals surface area contributed by atoms with Gasteiger partial charge >= 0.3 is 0 Å². The Hall–Kier alpha value is -1.26. The van der Waals surface area contributed by atoms with E-state index < -0.39 is 0 Å². The molecule has 1 aromatic carbocycles. The van der Waals surface area contributed by atoms with Crippen molar-refractivity contribution in [2.75, 3.05) is 13.1 Å². The summed E-state index contributed by atoms with van der Waals surface area (Å²) in [5.41, 5.74) is 6.11. The zero-order valence-corrected chi connectivity index (χ0v) is 12.5. The van der Waals surface area contributed by atoms with E-state index >= 15 is 0 Å². The molecule has 2 rings (SSSR count). The van der Waals surface area contributed by atoms with Crippen molar-refractivity contribution in [2.24, 2.45) is 11.7 Å². The van der Waals surface area contributed by atoms with Crippen LogP contribution in [0.3, 0.4) is 0 Å². The molecule has 4 nitrogen and oxygen atoms in total. The Morgan fingerprint density at radius 2 is 2.10 bits per heavy atom. The SMILES string of the molecule is NC(=O)C1CCN(C(=O)CCc2cccc(Cl)c2Cl)C1. The summed E-state index contributed by atoms with van der Waals surface area (Å²) in [4.78, 5) is 24.9. The van der Waals surface area contributed by atoms with Crippen LogP contribution in [0.5, 0.6) is 0 Å². The second-order valence-electron chi connectivity index (χ2n) is 4.94. The molecule has 1 heterocycles. The summed E-state index contributed by atoms with van der Waals surface area (Å²) in [7, 11) is 0. The summed E-state index contributed by atoms with van der Waals surface area (Å²) in [5.74, 6) is -0.531. The standard InChI is InChI=1S/C14H16Cl2N2O2/c15-11-3-1-2-9(13(11)16)4-5-12(19)18-7-6-10(8-18)14(17)20/h1-3,10H,4-8H2,(H2,17,20). The molecule has 0 bridgehead atoms. The van der Waals surface area contributed by atoms with E-state index in [9.17, 15) is 9.59 Å². The predicted octanol–water partition coefficient (Wildman–Crippen LogP) is 2.26. The Morgan fingerprint density at radius 1 is 1.35 bits per heavy atom. The smallest absolute Gasteiger partial charge is 0.222 e. The van der Waals surface area contributed by atoms with Crippen LogP contribution in [-0.4, -0.2) is 29.8 Å². The van der Waals surface area contributed by atoms with Crippen molar-refractivity contribution in [3.63, 3.8) is 0 Å². The fourth-order valence-electron chi connectivity index (χ4n) is 2.36. The van der Waals surface area contributed by atoms with Crippen LogP contribution >= 0.6 is 23.2 Å². The minimum atomic E-state index is -0.335. The van der Waals surface area contributed by atoms with Gasteiger partial charge in [-0.1, -0.05) is 35.3 Å². The average Bonchev–Trinajstić information content (AvgIpc) is 2.90. The van der Waals surface area contributed by atoms with Crippen LogP contribution in [0.15, 0.2) is 18.2 Å².